The number of benzene rings is 2. The molecule has 2 rings (SSSR count). The lowest BCUT2D eigenvalue weighted by Gasteiger charge is -2.31. The number of carbonyl (C=O) groups is 2. The highest BCUT2D eigenvalue weighted by Gasteiger charge is 2.28. The van der Waals surface area contributed by atoms with Gasteiger partial charge in [-0.15, -0.1) is 0 Å². The van der Waals surface area contributed by atoms with Gasteiger partial charge in [0, 0.05) is 24.0 Å². The summed E-state index contributed by atoms with van der Waals surface area (Å²) >= 11 is 6.20. The summed E-state index contributed by atoms with van der Waals surface area (Å²) in [4.78, 5) is 27.4. The van der Waals surface area contributed by atoms with Crippen molar-refractivity contribution in [1.82, 2.24) is 10.2 Å². The van der Waals surface area contributed by atoms with Gasteiger partial charge in [0.25, 0.3) is 0 Å². The Morgan fingerprint density at radius 3 is 2.34 bits per heavy atom. The maximum absolute atomic E-state index is 13.3. The van der Waals surface area contributed by atoms with Gasteiger partial charge in [-0.05, 0) is 56.0 Å². The molecule has 0 saturated carbocycles. The molecule has 0 aliphatic carbocycles. The predicted molar refractivity (Wildman–Crippen MR) is 114 cm³/mol. The van der Waals surface area contributed by atoms with E-state index in [0.717, 1.165) is 11.1 Å². The van der Waals surface area contributed by atoms with E-state index < -0.39 is 6.04 Å². The molecule has 2 aromatic carbocycles. The second kappa shape index (κ2) is 11.0. The van der Waals surface area contributed by atoms with Crippen LogP contribution in [0.1, 0.15) is 44.7 Å². The Bertz CT molecular complexity index is 824. The van der Waals surface area contributed by atoms with E-state index in [-0.39, 0.29) is 36.6 Å². The van der Waals surface area contributed by atoms with Gasteiger partial charge in [-0.2, -0.15) is 0 Å². The average molecular weight is 419 g/mol. The van der Waals surface area contributed by atoms with Crippen LogP contribution in [0.15, 0.2) is 48.5 Å². The standard InChI is InChI=1S/C23H28ClFN2O2/c1-4-21(23(29)26-16(2)3)27(15-17-9-12-19(25)13-10-17)22(28)14-11-18-7-5-6-8-20(18)24/h5-10,12-13,16,21H,4,11,14-15H2,1-3H3,(H,26,29). The van der Waals surface area contributed by atoms with Gasteiger partial charge >= 0.3 is 0 Å². The van der Waals surface area contributed by atoms with Crippen LogP contribution in [-0.2, 0) is 22.6 Å². The third kappa shape index (κ3) is 6.86. The Labute approximate surface area is 177 Å². The van der Waals surface area contributed by atoms with Crippen LogP contribution in [0, 0.1) is 5.82 Å². The molecule has 156 valence electrons. The Kier molecular flexibility index (Phi) is 8.65. The quantitative estimate of drug-likeness (QED) is 0.639. The number of nitrogens with zero attached hydrogens (tertiary/aromatic N) is 1. The number of aryl methyl sites for hydroxylation is 1. The first-order chi connectivity index (χ1) is 13.8. The van der Waals surface area contributed by atoms with E-state index in [1.807, 2.05) is 39.0 Å². The summed E-state index contributed by atoms with van der Waals surface area (Å²) < 4.78 is 13.3. The Hall–Kier alpha value is -2.40. The first-order valence-corrected chi connectivity index (χ1v) is 10.3. The highest BCUT2D eigenvalue weighted by molar-refractivity contribution is 6.31. The van der Waals surface area contributed by atoms with Crippen LogP contribution in [0.25, 0.3) is 0 Å². The van der Waals surface area contributed by atoms with Crippen molar-refractivity contribution in [2.75, 3.05) is 0 Å². The van der Waals surface area contributed by atoms with Crippen molar-refractivity contribution in [2.24, 2.45) is 0 Å². The SMILES string of the molecule is CCC(C(=O)NC(C)C)N(Cc1ccc(F)cc1)C(=O)CCc1ccccc1Cl. The van der Waals surface area contributed by atoms with Crippen LogP contribution in [0.5, 0.6) is 0 Å². The first-order valence-electron chi connectivity index (χ1n) is 9.89. The fourth-order valence-corrected chi connectivity index (χ4v) is 3.40. The summed E-state index contributed by atoms with van der Waals surface area (Å²) in [5, 5.41) is 3.51. The number of hydrogen-bond acceptors (Lipinski definition) is 2. The van der Waals surface area contributed by atoms with E-state index in [1.165, 1.54) is 12.1 Å². The molecule has 0 spiro atoms. The van der Waals surface area contributed by atoms with Crippen molar-refractivity contribution >= 4 is 23.4 Å². The van der Waals surface area contributed by atoms with Gasteiger partial charge in [-0.25, -0.2) is 4.39 Å². The zero-order valence-electron chi connectivity index (χ0n) is 17.1. The summed E-state index contributed by atoms with van der Waals surface area (Å²) in [5.74, 6) is -0.661. The van der Waals surface area contributed by atoms with E-state index >= 15 is 0 Å². The normalized spacial score (nSPS) is 11.9. The number of halogens is 2. The molecular formula is C23H28ClFN2O2. The minimum atomic E-state index is -0.596. The molecule has 1 atom stereocenters. The van der Waals surface area contributed by atoms with Crippen LogP contribution in [0.2, 0.25) is 5.02 Å². The van der Waals surface area contributed by atoms with Gasteiger partial charge in [0.1, 0.15) is 11.9 Å². The largest absolute Gasteiger partial charge is 0.352 e. The highest BCUT2D eigenvalue weighted by Crippen LogP contribution is 2.19. The monoisotopic (exact) mass is 418 g/mol. The smallest absolute Gasteiger partial charge is 0.243 e. The van der Waals surface area contributed by atoms with Crippen LogP contribution in [-0.4, -0.2) is 28.8 Å². The molecule has 6 heteroatoms. The summed E-state index contributed by atoms with van der Waals surface area (Å²) in [5.41, 5.74) is 1.66. The Morgan fingerprint density at radius 1 is 1.10 bits per heavy atom. The van der Waals surface area contributed by atoms with E-state index in [2.05, 4.69) is 5.32 Å². The molecule has 0 radical (unpaired) electrons. The molecule has 2 amide bonds. The van der Waals surface area contributed by atoms with E-state index in [4.69, 9.17) is 11.6 Å². The topological polar surface area (TPSA) is 49.4 Å². The van der Waals surface area contributed by atoms with E-state index in [1.54, 1.807) is 23.1 Å². The fourth-order valence-electron chi connectivity index (χ4n) is 3.17. The van der Waals surface area contributed by atoms with Crippen LogP contribution in [0.4, 0.5) is 4.39 Å². The molecule has 4 nitrogen and oxygen atoms in total. The second-order valence-corrected chi connectivity index (χ2v) is 7.73. The van der Waals surface area contributed by atoms with Crippen molar-refractivity contribution in [3.63, 3.8) is 0 Å². The second-order valence-electron chi connectivity index (χ2n) is 7.33. The van der Waals surface area contributed by atoms with Gasteiger partial charge in [-0.1, -0.05) is 48.9 Å². The lowest BCUT2D eigenvalue weighted by atomic mass is 10.1. The van der Waals surface area contributed by atoms with E-state index in [9.17, 15) is 14.0 Å². The van der Waals surface area contributed by atoms with Crippen molar-refractivity contribution in [3.8, 4) is 0 Å². The van der Waals surface area contributed by atoms with Crippen molar-refractivity contribution < 1.29 is 14.0 Å². The van der Waals surface area contributed by atoms with Crippen molar-refractivity contribution in [2.45, 2.75) is 58.7 Å². The highest BCUT2D eigenvalue weighted by atomic mass is 35.5. The first kappa shape index (κ1) is 22.9. The number of rotatable bonds is 9. The molecule has 1 N–H and O–H groups in total. The Morgan fingerprint density at radius 2 is 1.76 bits per heavy atom. The van der Waals surface area contributed by atoms with Gasteiger partial charge in [-0.3, -0.25) is 9.59 Å². The maximum Gasteiger partial charge on any atom is 0.243 e. The third-order valence-electron chi connectivity index (χ3n) is 4.65. The van der Waals surface area contributed by atoms with Crippen LogP contribution >= 0.6 is 11.6 Å². The minimum Gasteiger partial charge on any atom is -0.352 e. The molecule has 0 saturated heterocycles. The van der Waals surface area contributed by atoms with Gasteiger partial charge in [0.2, 0.25) is 11.8 Å². The fraction of sp³-hybridized carbons (Fsp3) is 0.391. The summed E-state index contributed by atoms with van der Waals surface area (Å²) in [6, 6.07) is 12.8. The van der Waals surface area contributed by atoms with Crippen molar-refractivity contribution in [3.05, 3.63) is 70.5 Å². The maximum atomic E-state index is 13.3. The third-order valence-corrected chi connectivity index (χ3v) is 5.02. The van der Waals surface area contributed by atoms with E-state index in [0.29, 0.717) is 17.9 Å². The van der Waals surface area contributed by atoms with Crippen LogP contribution < -0.4 is 5.32 Å². The summed E-state index contributed by atoms with van der Waals surface area (Å²) in [7, 11) is 0. The molecule has 1 unspecified atom stereocenters. The average Bonchev–Trinajstić information content (AvgIpc) is 2.68. The van der Waals surface area contributed by atoms with Gasteiger partial charge in [0.15, 0.2) is 0 Å². The molecule has 0 aliphatic heterocycles. The molecule has 0 bridgehead atoms. The number of carbonyl (C=O) groups excluding carboxylic acids is 2. The molecule has 0 heterocycles. The van der Waals surface area contributed by atoms with Crippen molar-refractivity contribution in [1.29, 1.82) is 0 Å². The summed E-state index contributed by atoms with van der Waals surface area (Å²) in [6.45, 7) is 5.89. The minimum absolute atomic E-state index is 0.0255. The lowest BCUT2D eigenvalue weighted by molar-refractivity contribution is -0.141. The molecule has 29 heavy (non-hydrogen) atoms. The lowest BCUT2D eigenvalue weighted by Crippen LogP contribution is -2.50. The van der Waals surface area contributed by atoms with Crippen LogP contribution in [0.3, 0.4) is 0 Å². The molecular weight excluding hydrogens is 391 g/mol. The predicted octanol–water partition coefficient (Wildman–Crippen LogP) is 4.74. The zero-order chi connectivity index (χ0) is 21.4. The number of hydrogen-bond donors (Lipinski definition) is 1. The zero-order valence-corrected chi connectivity index (χ0v) is 17.9. The molecule has 2 aromatic rings. The van der Waals surface area contributed by atoms with Gasteiger partial charge in [0.05, 0.1) is 0 Å². The number of amides is 2. The Balaban J connectivity index is 2.21. The molecule has 0 aliphatic rings. The number of nitrogens with one attached hydrogen (secondary N) is 1. The summed E-state index contributed by atoms with van der Waals surface area (Å²) in [6.07, 6.45) is 1.20. The molecule has 0 fully saturated rings. The molecule has 0 aromatic heterocycles. The van der Waals surface area contributed by atoms with Gasteiger partial charge < -0.3 is 10.2 Å².